The van der Waals surface area contributed by atoms with Gasteiger partial charge in [0.1, 0.15) is 5.76 Å². The van der Waals surface area contributed by atoms with E-state index in [2.05, 4.69) is 0 Å². The molecular formula is C20H17NO3. The Hall–Kier alpha value is -3.01. The number of rotatable bonds is 1. The fourth-order valence-corrected chi connectivity index (χ4v) is 3.03. The van der Waals surface area contributed by atoms with Crippen LogP contribution in [0.3, 0.4) is 0 Å². The van der Waals surface area contributed by atoms with Crippen molar-refractivity contribution in [1.29, 1.82) is 0 Å². The number of hydrogen-bond acceptors (Lipinski definition) is 4. The Morgan fingerprint density at radius 2 is 1.71 bits per heavy atom. The van der Waals surface area contributed by atoms with Gasteiger partial charge in [-0.15, -0.1) is 0 Å². The minimum atomic E-state index is -0.369. The molecule has 4 rings (SSSR count). The molecule has 24 heavy (non-hydrogen) atoms. The van der Waals surface area contributed by atoms with Crippen molar-refractivity contribution in [1.82, 2.24) is 0 Å². The van der Waals surface area contributed by atoms with Gasteiger partial charge >= 0.3 is 5.97 Å². The van der Waals surface area contributed by atoms with Crippen LogP contribution >= 0.6 is 0 Å². The monoisotopic (exact) mass is 319 g/mol. The van der Waals surface area contributed by atoms with Gasteiger partial charge in [-0.3, -0.25) is 4.90 Å². The number of anilines is 3. The van der Waals surface area contributed by atoms with Crippen LogP contribution < -0.4 is 9.64 Å². The van der Waals surface area contributed by atoms with Crippen molar-refractivity contribution in [2.24, 2.45) is 0 Å². The van der Waals surface area contributed by atoms with Crippen LogP contribution in [-0.4, -0.2) is 5.97 Å². The van der Waals surface area contributed by atoms with Crippen LogP contribution in [0.25, 0.3) is 0 Å². The number of fused-ring (bicyclic) bond motifs is 2. The van der Waals surface area contributed by atoms with E-state index < -0.39 is 0 Å². The van der Waals surface area contributed by atoms with Crippen LogP contribution in [0.1, 0.15) is 27.2 Å². The molecule has 4 nitrogen and oxygen atoms in total. The third-order valence-electron chi connectivity index (χ3n) is 4.18. The summed E-state index contributed by atoms with van der Waals surface area (Å²) in [7, 11) is 0. The molecule has 0 unspecified atom stereocenters. The minimum Gasteiger partial charge on any atom is -0.442 e. The Balaban J connectivity index is 2.05. The van der Waals surface area contributed by atoms with E-state index in [4.69, 9.17) is 9.15 Å². The average Bonchev–Trinajstić information content (AvgIpc) is 2.86. The quantitative estimate of drug-likeness (QED) is 0.578. The molecule has 0 saturated carbocycles. The first-order chi connectivity index (χ1) is 11.5. The van der Waals surface area contributed by atoms with Crippen molar-refractivity contribution in [3.05, 3.63) is 71.0 Å². The van der Waals surface area contributed by atoms with Crippen LogP contribution in [0.2, 0.25) is 0 Å². The Labute approximate surface area is 140 Å². The van der Waals surface area contributed by atoms with Gasteiger partial charge in [0.2, 0.25) is 5.88 Å². The lowest BCUT2D eigenvalue weighted by atomic mass is 10.1. The van der Waals surface area contributed by atoms with Crippen molar-refractivity contribution in [3.63, 3.8) is 0 Å². The van der Waals surface area contributed by atoms with Crippen molar-refractivity contribution in [2.75, 3.05) is 4.90 Å². The van der Waals surface area contributed by atoms with Crippen LogP contribution in [0.15, 0.2) is 52.9 Å². The molecule has 1 aliphatic rings. The molecule has 0 amide bonds. The highest BCUT2D eigenvalue weighted by molar-refractivity contribution is 6.02. The van der Waals surface area contributed by atoms with E-state index in [9.17, 15) is 4.79 Å². The van der Waals surface area contributed by atoms with Gasteiger partial charge in [-0.2, -0.15) is 0 Å². The van der Waals surface area contributed by atoms with Gasteiger partial charge in [-0.25, -0.2) is 4.79 Å². The zero-order valence-electron chi connectivity index (χ0n) is 13.8. The predicted octanol–water partition coefficient (Wildman–Crippen LogP) is 5.21. The lowest BCUT2D eigenvalue weighted by Gasteiger charge is -2.24. The molecule has 0 fully saturated rings. The molecule has 120 valence electrons. The smallest absolute Gasteiger partial charge is 0.345 e. The number of nitrogens with zero attached hydrogens (tertiary/aromatic N) is 1. The number of hydrogen-bond donors (Lipinski definition) is 0. The molecule has 4 heteroatoms. The van der Waals surface area contributed by atoms with Crippen LogP contribution in [0.4, 0.5) is 17.3 Å². The molecule has 0 spiro atoms. The molecule has 0 saturated heterocycles. The number of benzene rings is 2. The molecule has 0 aliphatic carbocycles. The first-order valence-electron chi connectivity index (χ1n) is 7.83. The zero-order valence-corrected chi connectivity index (χ0v) is 13.8. The highest BCUT2D eigenvalue weighted by atomic mass is 16.5. The van der Waals surface area contributed by atoms with Gasteiger partial charge in [-0.1, -0.05) is 29.8 Å². The van der Waals surface area contributed by atoms with E-state index in [1.54, 1.807) is 6.07 Å². The van der Waals surface area contributed by atoms with Gasteiger partial charge in [0.05, 0.1) is 16.9 Å². The van der Waals surface area contributed by atoms with Crippen molar-refractivity contribution in [2.45, 2.75) is 20.8 Å². The number of para-hydroxylation sites is 1. The minimum absolute atomic E-state index is 0.369. The summed E-state index contributed by atoms with van der Waals surface area (Å²) in [6, 6.07) is 15.5. The fourth-order valence-electron chi connectivity index (χ4n) is 3.03. The molecule has 2 heterocycles. The van der Waals surface area contributed by atoms with Gasteiger partial charge < -0.3 is 9.15 Å². The maximum absolute atomic E-state index is 12.6. The Kier molecular flexibility index (Phi) is 3.20. The third kappa shape index (κ3) is 2.19. The summed E-state index contributed by atoms with van der Waals surface area (Å²) < 4.78 is 11.5. The second-order valence-corrected chi connectivity index (χ2v) is 6.06. The number of aryl methyl sites for hydroxylation is 3. The largest absolute Gasteiger partial charge is 0.442 e. The van der Waals surface area contributed by atoms with Gasteiger partial charge in [-0.05, 0) is 44.5 Å². The van der Waals surface area contributed by atoms with Crippen LogP contribution in [0, 0.1) is 20.8 Å². The third-order valence-corrected chi connectivity index (χ3v) is 4.18. The fraction of sp³-hybridized carbons (Fsp3) is 0.150. The second kappa shape index (κ2) is 5.27. The normalized spacial score (nSPS) is 13.1. The van der Waals surface area contributed by atoms with E-state index in [0.29, 0.717) is 23.0 Å². The number of carbonyl (C=O) groups is 1. The highest BCUT2D eigenvalue weighted by Crippen LogP contribution is 2.46. The van der Waals surface area contributed by atoms with Crippen LogP contribution in [-0.2, 0) is 0 Å². The number of furan rings is 1. The highest BCUT2D eigenvalue weighted by Gasteiger charge is 2.31. The average molecular weight is 319 g/mol. The Morgan fingerprint density at radius 3 is 2.50 bits per heavy atom. The standard InChI is InChI=1S/C20H17NO3/c1-12-8-9-17-15(10-12)20(22)24-18-11-14(3)23-19(18)21(17)16-7-5-4-6-13(16)2/h4-11H,1-3H3. The van der Waals surface area contributed by atoms with Crippen LogP contribution in [0.5, 0.6) is 5.75 Å². The van der Waals surface area contributed by atoms with Gasteiger partial charge in [0.25, 0.3) is 0 Å². The molecular weight excluding hydrogens is 302 g/mol. The maximum Gasteiger partial charge on any atom is 0.345 e. The molecule has 0 N–H and O–H groups in total. The van der Waals surface area contributed by atoms with E-state index in [-0.39, 0.29) is 5.97 Å². The summed E-state index contributed by atoms with van der Waals surface area (Å²) in [5.41, 5.74) is 4.33. The summed E-state index contributed by atoms with van der Waals surface area (Å²) in [6.45, 7) is 5.83. The summed E-state index contributed by atoms with van der Waals surface area (Å²) in [5.74, 6) is 1.29. The number of esters is 1. The van der Waals surface area contributed by atoms with Crippen molar-refractivity contribution < 1.29 is 13.9 Å². The molecule has 0 bridgehead atoms. The predicted molar refractivity (Wildman–Crippen MR) is 92.6 cm³/mol. The molecule has 2 aromatic carbocycles. The summed E-state index contributed by atoms with van der Waals surface area (Å²) in [5, 5.41) is 0. The van der Waals surface area contributed by atoms with Crippen molar-refractivity contribution in [3.8, 4) is 5.75 Å². The van der Waals surface area contributed by atoms with E-state index in [1.165, 1.54) is 0 Å². The van der Waals surface area contributed by atoms with E-state index in [0.717, 1.165) is 22.5 Å². The Morgan fingerprint density at radius 1 is 0.917 bits per heavy atom. The first-order valence-corrected chi connectivity index (χ1v) is 7.83. The lowest BCUT2D eigenvalue weighted by molar-refractivity contribution is 0.0738. The van der Waals surface area contributed by atoms with Crippen molar-refractivity contribution >= 4 is 23.2 Å². The Bertz CT molecular complexity index is 955. The SMILES string of the molecule is Cc1ccc2c(c1)C(=O)Oc1cc(C)oc1N2c1ccccc1C. The van der Waals surface area contributed by atoms with Gasteiger partial charge in [0, 0.05) is 6.07 Å². The topological polar surface area (TPSA) is 42.7 Å². The second-order valence-electron chi connectivity index (χ2n) is 6.06. The summed E-state index contributed by atoms with van der Waals surface area (Å²) in [6.07, 6.45) is 0. The zero-order chi connectivity index (χ0) is 16.8. The molecule has 3 aromatic rings. The molecule has 0 radical (unpaired) electrons. The molecule has 0 atom stereocenters. The first kappa shape index (κ1) is 14.6. The molecule has 1 aromatic heterocycles. The number of carbonyl (C=O) groups excluding carboxylic acids is 1. The summed E-state index contributed by atoms with van der Waals surface area (Å²) in [4.78, 5) is 14.6. The maximum atomic E-state index is 12.6. The number of ether oxygens (including phenoxy) is 1. The lowest BCUT2D eigenvalue weighted by Crippen LogP contribution is -2.13. The summed E-state index contributed by atoms with van der Waals surface area (Å²) >= 11 is 0. The van der Waals surface area contributed by atoms with Gasteiger partial charge in [0.15, 0.2) is 5.75 Å². The van der Waals surface area contributed by atoms with E-state index >= 15 is 0 Å². The molecule has 1 aliphatic heterocycles. The van der Waals surface area contributed by atoms with E-state index in [1.807, 2.05) is 68.1 Å².